The fourth-order valence-corrected chi connectivity index (χ4v) is 4.11. The second-order valence-electron chi connectivity index (χ2n) is 6.55. The Kier molecular flexibility index (Phi) is 2.61. The first-order chi connectivity index (χ1) is 11.3. The summed E-state index contributed by atoms with van der Waals surface area (Å²) in [6.07, 6.45) is 7.36. The molecule has 1 fully saturated rings. The Morgan fingerprint density at radius 1 is 1.09 bits per heavy atom. The Labute approximate surface area is 133 Å². The predicted molar refractivity (Wildman–Crippen MR) is 86.4 cm³/mol. The average Bonchev–Trinajstić information content (AvgIpc) is 2.98. The lowest BCUT2D eigenvalue weighted by molar-refractivity contribution is 0.0140. The highest BCUT2D eigenvalue weighted by Gasteiger charge is 2.43. The highest BCUT2D eigenvalue weighted by atomic mass is 19.1. The van der Waals surface area contributed by atoms with Crippen LogP contribution < -0.4 is 4.74 Å². The van der Waals surface area contributed by atoms with Crippen LogP contribution in [0.1, 0.15) is 37.8 Å². The molecule has 0 N–H and O–H groups in total. The van der Waals surface area contributed by atoms with Crippen molar-refractivity contribution < 1.29 is 9.13 Å². The van der Waals surface area contributed by atoms with Gasteiger partial charge in [0.1, 0.15) is 22.8 Å². The second kappa shape index (κ2) is 4.57. The number of rotatable bonds is 0. The van der Waals surface area contributed by atoms with Crippen molar-refractivity contribution in [2.75, 3.05) is 0 Å². The van der Waals surface area contributed by atoms with Crippen molar-refractivity contribution in [1.29, 1.82) is 0 Å². The molecule has 4 heteroatoms. The summed E-state index contributed by atoms with van der Waals surface area (Å²) in [5.41, 5.74) is 2.44. The minimum absolute atomic E-state index is 0.254. The number of benzene rings is 1. The first-order valence-corrected chi connectivity index (χ1v) is 8.23. The van der Waals surface area contributed by atoms with Gasteiger partial charge in [0.05, 0.1) is 11.4 Å². The van der Waals surface area contributed by atoms with E-state index in [2.05, 4.69) is 21.7 Å². The lowest BCUT2D eigenvalue weighted by Crippen LogP contribution is -2.40. The van der Waals surface area contributed by atoms with Crippen molar-refractivity contribution in [3.8, 4) is 11.4 Å². The van der Waals surface area contributed by atoms with E-state index in [1.807, 2.05) is 6.07 Å². The molecule has 0 amide bonds. The lowest BCUT2D eigenvalue weighted by atomic mass is 9.81. The van der Waals surface area contributed by atoms with Gasteiger partial charge >= 0.3 is 0 Å². The largest absolute Gasteiger partial charge is 0.479 e. The van der Waals surface area contributed by atoms with Crippen LogP contribution in [0, 0.1) is 5.82 Å². The predicted octanol–water partition coefficient (Wildman–Crippen LogP) is 4.72. The van der Waals surface area contributed by atoms with Gasteiger partial charge < -0.3 is 4.74 Å². The zero-order chi connectivity index (χ0) is 15.4. The number of fused-ring (bicyclic) bond motifs is 6. The summed E-state index contributed by atoms with van der Waals surface area (Å²) in [5.74, 6) is 0.500. The number of hydrogen-bond acceptors (Lipinski definition) is 2. The normalized spacial score (nSPS) is 18.5. The highest BCUT2D eigenvalue weighted by Crippen LogP contribution is 2.48. The van der Waals surface area contributed by atoms with Crippen molar-refractivity contribution in [2.24, 2.45) is 0 Å². The quantitative estimate of drug-likeness (QED) is 0.601. The molecule has 0 atom stereocenters. The topological polar surface area (TPSA) is 27.1 Å². The van der Waals surface area contributed by atoms with E-state index < -0.39 is 0 Å². The fraction of sp³-hybridized carbons (Fsp3) is 0.316. The van der Waals surface area contributed by atoms with Crippen LogP contribution in [-0.2, 0) is 5.60 Å². The van der Waals surface area contributed by atoms with E-state index in [9.17, 15) is 4.39 Å². The highest BCUT2D eigenvalue weighted by molar-refractivity contribution is 5.81. The van der Waals surface area contributed by atoms with Gasteiger partial charge in [0.15, 0.2) is 0 Å². The Morgan fingerprint density at radius 3 is 2.83 bits per heavy atom. The van der Waals surface area contributed by atoms with Gasteiger partial charge in [-0.25, -0.2) is 9.37 Å². The van der Waals surface area contributed by atoms with Crippen LogP contribution in [0.5, 0.6) is 5.75 Å². The van der Waals surface area contributed by atoms with Crippen LogP contribution in [0.15, 0.2) is 42.6 Å². The van der Waals surface area contributed by atoms with Crippen LogP contribution >= 0.6 is 0 Å². The van der Waals surface area contributed by atoms with Gasteiger partial charge in [-0.1, -0.05) is 6.42 Å². The molecule has 0 unspecified atom stereocenters. The minimum Gasteiger partial charge on any atom is -0.479 e. The molecule has 0 bridgehead atoms. The van der Waals surface area contributed by atoms with Crippen molar-refractivity contribution in [1.82, 2.24) is 9.55 Å². The number of hydrogen-bond donors (Lipinski definition) is 0. The zero-order valence-electron chi connectivity index (χ0n) is 12.8. The van der Waals surface area contributed by atoms with E-state index in [0.29, 0.717) is 0 Å². The first kappa shape index (κ1) is 13.1. The standard InChI is InChI=1S/C19H17FN2O/c20-14-6-7-16-15(12-14)22-17(11-13-5-4-10-21-18(13)22)19(23-16)8-2-1-3-9-19/h4-7,10-12H,1-3,8-9H2. The number of halogens is 1. The third kappa shape index (κ3) is 1.78. The fourth-order valence-electron chi connectivity index (χ4n) is 4.11. The monoisotopic (exact) mass is 308 g/mol. The maximum absolute atomic E-state index is 13.8. The molecule has 2 aromatic heterocycles. The summed E-state index contributed by atoms with van der Waals surface area (Å²) in [5, 5.41) is 1.08. The molecule has 0 radical (unpaired) electrons. The molecule has 23 heavy (non-hydrogen) atoms. The molecule has 1 saturated carbocycles. The molecule has 1 aromatic carbocycles. The van der Waals surface area contributed by atoms with Crippen LogP contribution in [0.2, 0.25) is 0 Å². The lowest BCUT2D eigenvalue weighted by Gasteiger charge is -2.42. The Bertz CT molecular complexity index is 909. The van der Waals surface area contributed by atoms with Gasteiger partial charge in [0, 0.05) is 17.6 Å². The van der Waals surface area contributed by atoms with Crippen molar-refractivity contribution in [3.05, 3.63) is 54.1 Å². The summed E-state index contributed by atoms with van der Waals surface area (Å²) in [7, 11) is 0. The average molecular weight is 308 g/mol. The number of aromatic nitrogens is 2. The minimum atomic E-state index is -0.302. The van der Waals surface area contributed by atoms with E-state index in [1.54, 1.807) is 18.3 Å². The molecule has 0 saturated heterocycles. The molecule has 1 spiro atoms. The van der Waals surface area contributed by atoms with Crippen LogP contribution in [0.4, 0.5) is 4.39 Å². The molecular formula is C19H17FN2O. The Morgan fingerprint density at radius 2 is 1.96 bits per heavy atom. The molecule has 1 aliphatic heterocycles. The molecule has 116 valence electrons. The molecule has 3 heterocycles. The van der Waals surface area contributed by atoms with Gasteiger partial charge in [-0.05, 0) is 56.0 Å². The molecule has 1 aliphatic carbocycles. The summed E-state index contributed by atoms with van der Waals surface area (Å²) in [6.45, 7) is 0. The van der Waals surface area contributed by atoms with E-state index in [4.69, 9.17) is 4.74 Å². The van der Waals surface area contributed by atoms with Gasteiger partial charge in [-0.3, -0.25) is 4.57 Å². The van der Waals surface area contributed by atoms with Gasteiger partial charge in [0.2, 0.25) is 0 Å². The SMILES string of the molecule is Fc1ccc2c(c1)-n1c(cc3cccnc31)C1(CCCCC1)O2. The zero-order valence-corrected chi connectivity index (χ0v) is 12.8. The first-order valence-electron chi connectivity index (χ1n) is 8.23. The van der Waals surface area contributed by atoms with Crippen LogP contribution in [0.25, 0.3) is 16.7 Å². The summed E-state index contributed by atoms with van der Waals surface area (Å²) in [6, 6.07) is 10.9. The van der Waals surface area contributed by atoms with E-state index in [1.165, 1.54) is 12.5 Å². The van der Waals surface area contributed by atoms with Gasteiger partial charge in [0.25, 0.3) is 0 Å². The van der Waals surface area contributed by atoms with Crippen molar-refractivity contribution in [2.45, 2.75) is 37.7 Å². The van der Waals surface area contributed by atoms with Gasteiger partial charge in [-0.15, -0.1) is 0 Å². The molecular weight excluding hydrogens is 291 g/mol. The van der Waals surface area contributed by atoms with Crippen LogP contribution in [0.3, 0.4) is 0 Å². The third-order valence-electron chi connectivity index (χ3n) is 5.16. The van der Waals surface area contributed by atoms with Gasteiger partial charge in [-0.2, -0.15) is 0 Å². The Hall–Kier alpha value is -2.36. The smallest absolute Gasteiger partial charge is 0.149 e. The number of pyridine rings is 1. The van der Waals surface area contributed by atoms with Crippen LogP contribution in [-0.4, -0.2) is 9.55 Å². The molecule has 5 rings (SSSR count). The van der Waals surface area contributed by atoms with E-state index in [-0.39, 0.29) is 11.4 Å². The third-order valence-corrected chi connectivity index (χ3v) is 5.16. The van der Waals surface area contributed by atoms with E-state index >= 15 is 0 Å². The second-order valence-corrected chi connectivity index (χ2v) is 6.55. The number of nitrogens with zero attached hydrogens (tertiary/aromatic N) is 2. The van der Waals surface area contributed by atoms with Crippen molar-refractivity contribution in [3.63, 3.8) is 0 Å². The molecule has 3 aromatic rings. The van der Waals surface area contributed by atoms with Crippen molar-refractivity contribution >= 4 is 11.0 Å². The Balaban J connectivity index is 1.86. The maximum Gasteiger partial charge on any atom is 0.149 e. The maximum atomic E-state index is 13.8. The summed E-state index contributed by atoms with van der Waals surface area (Å²) >= 11 is 0. The molecule has 3 nitrogen and oxygen atoms in total. The number of ether oxygens (including phenoxy) is 1. The summed E-state index contributed by atoms with van der Waals surface area (Å²) < 4.78 is 22.4. The summed E-state index contributed by atoms with van der Waals surface area (Å²) in [4.78, 5) is 4.55. The molecule has 2 aliphatic rings. The van der Waals surface area contributed by atoms with E-state index in [0.717, 1.165) is 53.8 Å².